The van der Waals surface area contributed by atoms with E-state index < -0.39 is 5.97 Å². The molecule has 2 rings (SSSR count). The summed E-state index contributed by atoms with van der Waals surface area (Å²) in [6.07, 6.45) is 0. The molecule has 7 heteroatoms. The van der Waals surface area contributed by atoms with Crippen LogP contribution in [0.1, 0.15) is 39.6 Å². The van der Waals surface area contributed by atoms with E-state index in [1.807, 2.05) is 19.1 Å². The fourth-order valence-electron chi connectivity index (χ4n) is 1.86. The van der Waals surface area contributed by atoms with Gasteiger partial charge < -0.3 is 14.8 Å². The first-order valence-corrected chi connectivity index (χ1v) is 7.85. The Kier molecular flexibility index (Phi) is 4.84. The molecule has 0 radical (unpaired) electrons. The number of carbonyl (C=O) groups is 2. The highest BCUT2D eigenvalue weighted by Gasteiger charge is 2.18. The summed E-state index contributed by atoms with van der Waals surface area (Å²) in [7, 11) is 0. The number of furan rings is 1. The van der Waals surface area contributed by atoms with Crippen molar-refractivity contribution in [1.82, 2.24) is 5.32 Å². The van der Waals surface area contributed by atoms with Gasteiger partial charge in [-0.25, -0.2) is 4.79 Å². The zero-order valence-corrected chi connectivity index (χ0v) is 13.9. The summed E-state index contributed by atoms with van der Waals surface area (Å²) in [5, 5.41) is 11.7. The molecule has 2 N–H and O–H groups in total. The second kappa shape index (κ2) is 6.44. The van der Waals surface area contributed by atoms with Crippen molar-refractivity contribution in [2.24, 2.45) is 0 Å². The molecule has 0 saturated carbocycles. The van der Waals surface area contributed by atoms with Crippen molar-refractivity contribution >= 4 is 39.1 Å². The zero-order valence-electron chi connectivity index (χ0n) is 11.5. The van der Waals surface area contributed by atoms with E-state index in [2.05, 4.69) is 21.2 Å². The van der Waals surface area contributed by atoms with Crippen LogP contribution in [0.2, 0.25) is 0 Å². The van der Waals surface area contributed by atoms with Crippen molar-refractivity contribution in [3.63, 3.8) is 0 Å². The minimum absolute atomic E-state index is 0.120. The van der Waals surface area contributed by atoms with E-state index >= 15 is 0 Å². The lowest BCUT2D eigenvalue weighted by molar-refractivity contribution is -0.122. The summed E-state index contributed by atoms with van der Waals surface area (Å²) >= 11 is 4.88. The van der Waals surface area contributed by atoms with Crippen LogP contribution in [-0.4, -0.2) is 17.0 Å². The maximum Gasteiger partial charge on any atom is 0.339 e. The van der Waals surface area contributed by atoms with Gasteiger partial charge in [-0.2, -0.15) is 0 Å². The summed E-state index contributed by atoms with van der Waals surface area (Å²) in [6.45, 7) is 3.58. The Bertz CT molecular complexity index is 676. The largest absolute Gasteiger partial charge is 0.478 e. The third-order valence-electron chi connectivity index (χ3n) is 3.05. The van der Waals surface area contributed by atoms with Crippen LogP contribution < -0.4 is 5.32 Å². The number of thiophene rings is 1. The molecule has 0 aliphatic rings. The highest BCUT2D eigenvalue weighted by molar-refractivity contribution is 9.11. The van der Waals surface area contributed by atoms with E-state index in [4.69, 9.17) is 9.52 Å². The number of nitrogens with one attached hydrogen (secondary N) is 1. The monoisotopic (exact) mass is 371 g/mol. The molecule has 0 bridgehead atoms. The van der Waals surface area contributed by atoms with Crippen LogP contribution in [0, 0.1) is 6.92 Å². The number of aryl methyl sites for hydroxylation is 1. The van der Waals surface area contributed by atoms with Gasteiger partial charge in [-0.1, -0.05) is 0 Å². The summed E-state index contributed by atoms with van der Waals surface area (Å²) in [6, 6.07) is 5.24. The van der Waals surface area contributed by atoms with Gasteiger partial charge in [-0.05, 0) is 48.0 Å². The Hall–Kier alpha value is -1.60. The molecular formula is C14H14BrNO4S. The van der Waals surface area contributed by atoms with Gasteiger partial charge in [-0.3, -0.25) is 4.79 Å². The Labute approximate surface area is 134 Å². The average molecular weight is 372 g/mol. The van der Waals surface area contributed by atoms with Gasteiger partial charge in [0.05, 0.1) is 16.2 Å². The first-order valence-electron chi connectivity index (χ1n) is 6.24. The molecule has 1 atom stereocenters. The molecule has 1 amide bonds. The predicted molar refractivity (Wildman–Crippen MR) is 82.7 cm³/mol. The van der Waals surface area contributed by atoms with E-state index in [1.165, 1.54) is 17.4 Å². The van der Waals surface area contributed by atoms with Gasteiger partial charge in [0.2, 0.25) is 5.91 Å². The van der Waals surface area contributed by atoms with Gasteiger partial charge in [-0.15, -0.1) is 11.3 Å². The Balaban J connectivity index is 1.98. The number of carbonyl (C=O) groups excluding carboxylic acids is 1. The second-order valence-corrected chi connectivity index (χ2v) is 7.06. The molecule has 5 nitrogen and oxygen atoms in total. The molecule has 0 spiro atoms. The number of rotatable bonds is 5. The van der Waals surface area contributed by atoms with Crippen LogP contribution in [0.4, 0.5) is 0 Å². The van der Waals surface area contributed by atoms with Gasteiger partial charge in [0.1, 0.15) is 17.1 Å². The number of carboxylic acid groups (broad SMARTS) is 1. The van der Waals surface area contributed by atoms with Crippen LogP contribution in [0.3, 0.4) is 0 Å². The molecule has 112 valence electrons. The Morgan fingerprint density at radius 2 is 2.19 bits per heavy atom. The first kappa shape index (κ1) is 15.8. The van der Waals surface area contributed by atoms with Gasteiger partial charge in [0.15, 0.2) is 0 Å². The molecule has 2 aromatic rings. The van der Waals surface area contributed by atoms with Crippen molar-refractivity contribution in [1.29, 1.82) is 0 Å². The number of hydrogen-bond donors (Lipinski definition) is 2. The van der Waals surface area contributed by atoms with Gasteiger partial charge in [0.25, 0.3) is 0 Å². The fourth-order valence-corrected chi connectivity index (χ4v) is 3.33. The van der Waals surface area contributed by atoms with Crippen LogP contribution in [-0.2, 0) is 11.3 Å². The van der Waals surface area contributed by atoms with Crippen LogP contribution in [0.25, 0.3) is 0 Å². The number of amides is 1. The number of aromatic carboxylic acids is 1. The summed E-state index contributed by atoms with van der Waals surface area (Å²) in [4.78, 5) is 24.0. The van der Waals surface area contributed by atoms with E-state index in [0.29, 0.717) is 11.5 Å². The molecule has 0 aliphatic heterocycles. The number of hydrogen-bond acceptors (Lipinski definition) is 4. The van der Waals surface area contributed by atoms with Gasteiger partial charge >= 0.3 is 5.97 Å². The smallest absolute Gasteiger partial charge is 0.339 e. The average Bonchev–Trinajstić information content (AvgIpc) is 3.01. The first-order chi connectivity index (χ1) is 9.88. The topological polar surface area (TPSA) is 79.5 Å². The third kappa shape index (κ3) is 3.74. The standard InChI is InChI=1S/C14H14BrNO4S/c1-7(11-3-4-12(15)21-11)13(17)16-6-9-5-10(14(18)19)8(2)20-9/h3-5,7H,6H2,1-2H3,(H,16,17)(H,18,19). The summed E-state index contributed by atoms with van der Waals surface area (Å²) in [5.41, 5.74) is 0.120. The minimum Gasteiger partial charge on any atom is -0.478 e. The minimum atomic E-state index is -1.04. The highest BCUT2D eigenvalue weighted by atomic mass is 79.9. The zero-order chi connectivity index (χ0) is 15.6. The Morgan fingerprint density at radius 3 is 2.71 bits per heavy atom. The van der Waals surface area contributed by atoms with Crippen LogP contribution in [0.5, 0.6) is 0 Å². The van der Waals surface area contributed by atoms with Crippen molar-refractivity contribution in [3.05, 3.63) is 43.9 Å². The molecular weight excluding hydrogens is 358 g/mol. The molecule has 0 saturated heterocycles. The molecule has 0 aromatic carbocycles. The lowest BCUT2D eigenvalue weighted by Gasteiger charge is -2.09. The molecule has 2 heterocycles. The summed E-state index contributed by atoms with van der Waals surface area (Å²) in [5.74, 6) is -0.669. The van der Waals surface area contributed by atoms with Crippen molar-refractivity contribution in [2.45, 2.75) is 26.3 Å². The lowest BCUT2D eigenvalue weighted by Crippen LogP contribution is -2.26. The molecule has 0 fully saturated rings. The van der Waals surface area contributed by atoms with Crippen LogP contribution >= 0.6 is 27.3 Å². The third-order valence-corrected chi connectivity index (χ3v) is 4.86. The summed E-state index contributed by atoms with van der Waals surface area (Å²) < 4.78 is 6.29. The van der Waals surface area contributed by atoms with E-state index in [0.717, 1.165) is 8.66 Å². The molecule has 2 aromatic heterocycles. The Morgan fingerprint density at radius 1 is 1.48 bits per heavy atom. The molecule has 0 aliphatic carbocycles. The van der Waals surface area contributed by atoms with Crippen LogP contribution in [0.15, 0.2) is 26.4 Å². The highest BCUT2D eigenvalue weighted by Crippen LogP contribution is 2.28. The molecule has 1 unspecified atom stereocenters. The van der Waals surface area contributed by atoms with E-state index in [9.17, 15) is 9.59 Å². The number of carboxylic acids is 1. The van der Waals surface area contributed by atoms with Gasteiger partial charge in [0, 0.05) is 4.88 Å². The SMILES string of the molecule is Cc1oc(CNC(=O)C(C)c2ccc(Br)s2)cc1C(=O)O. The molecule has 21 heavy (non-hydrogen) atoms. The predicted octanol–water partition coefficient (Wildman–Crippen LogP) is 3.53. The van der Waals surface area contributed by atoms with Crippen molar-refractivity contribution in [3.8, 4) is 0 Å². The maximum atomic E-state index is 12.1. The van der Waals surface area contributed by atoms with Crippen molar-refractivity contribution < 1.29 is 19.1 Å². The quantitative estimate of drug-likeness (QED) is 0.842. The van der Waals surface area contributed by atoms with E-state index in [-0.39, 0.29) is 23.9 Å². The maximum absolute atomic E-state index is 12.1. The normalized spacial score (nSPS) is 12.1. The number of halogens is 1. The van der Waals surface area contributed by atoms with Crippen molar-refractivity contribution in [2.75, 3.05) is 0 Å². The second-order valence-electron chi connectivity index (χ2n) is 4.57. The van der Waals surface area contributed by atoms with E-state index in [1.54, 1.807) is 6.92 Å². The fraction of sp³-hybridized carbons (Fsp3) is 0.286. The lowest BCUT2D eigenvalue weighted by atomic mass is 10.1.